The highest BCUT2D eigenvalue weighted by Crippen LogP contribution is 2.32. The van der Waals surface area contributed by atoms with E-state index in [2.05, 4.69) is 15.3 Å². The quantitative estimate of drug-likeness (QED) is 0.244. The molecule has 186 valence electrons. The van der Waals surface area contributed by atoms with Crippen molar-refractivity contribution in [3.8, 4) is 22.9 Å². The number of halogens is 2. The summed E-state index contributed by atoms with van der Waals surface area (Å²) in [5.74, 6) is -0.884. The summed E-state index contributed by atoms with van der Waals surface area (Å²) in [6, 6.07) is 15.5. The standard InChI is InChI=1S/C27H19ClFN3O5/c1-2-21(26(33)30-16-8-9-18(29)17(28)14-16)37-27(34)15-7-10-19-20(13-15)32-25(23-6-4-12-36-23)24(31-19)22-5-3-11-35-22/h3-14,21H,2H2,1H3,(H,30,33). The number of esters is 1. The molecule has 0 aliphatic rings. The van der Waals surface area contributed by atoms with E-state index in [4.69, 9.17) is 25.2 Å². The monoisotopic (exact) mass is 519 g/mol. The van der Waals surface area contributed by atoms with Gasteiger partial charge in [-0.25, -0.2) is 19.2 Å². The highest BCUT2D eigenvalue weighted by atomic mass is 35.5. The molecule has 0 saturated carbocycles. The van der Waals surface area contributed by atoms with Crippen molar-refractivity contribution in [3.05, 3.63) is 89.6 Å². The number of nitrogens with one attached hydrogen (secondary N) is 1. The van der Waals surface area contributed by atoms with E-state index in [0.717, 1.165) is 6.07 Å². The van der Waals surface area contributed by atoms with Crippen LogP contribution in [0, 0.1) is 5.82 Å². The SMILES string of the molecule is CCC(OC(=O)c1ccc2nc(-c3ccco3)c(-c3ccco3)nc2c1)C(=O)Nc1ccc(F)c(Cl)c1. The van der Waals surface area contributed by atoms with E-state index in [1.807, 2.05) is 0 Å². The van der Waals surface area contributed by atoms with Crippen LogP contribution in [-0.2, 0) is 9.53 Å². The van der Waals surface area contributed by atoms with Gasteiger partial charge in [-0.3, -0.25) is 4.79 Å². The van der Waals surface area contributed by atoms with Crippen molar-refractivity contribution in [3.63, 3.8) is 0 Å². The van der Waals surface area contributed by atoms with Crippen LogP contribution in [0.3, 0.4) is 0 Å². The average molecular weight is 520 g/mol. The second-order valence-electron chi connectivity index (χ2n) is 8.00. The number of carbonyl (C=O) groups is 2. The molecule has 37 heavy (non-hydrogen) atoms. The summed E-state index contributed by atoms with van der Waals surface area (Å²) < 4.78 is 29.9. The highest BCUT2D eigenvalue weighted by Gasteiger charge is 2.23. The van der Waals surface area contributed by atoms with Crippen LogP contribution in [0.15, 0.2) is 82.0 Å². The Bertz CT molecular complexity index is 1590. The van der Waals surface area contributed by atoms with Crippen molar-refractivity contribution in [2.24, 2.45) is 0 Å². The Hall–Kier alpha value is -4.50. The molecule has 10 heteroatoms. The number of carbonyl (C=O) groups excluding carboxylic acids is 2. The Labute approximate surface area is 215 Å². The molecule has 1 N–H and O–H groups in total. The van der Waals surface area contributed by atoms with Gasteiger partial charge in [-0.1, -0.05) is 18.5 Å². The minimum Gasteiger partial charge on any atom is -0.463 e. The summed E-state index contributed by atoms with van der Waals surface area (Å²) in [6.07, 6.45) is 2.20. The lowest BCUT2D eigenvalue weighted by atomic mass is 10.1. The van der Waals surface area contributed by atoms with Gasteiger partial charge in [0, 0.05) is 5.69 Å². The van der Waals surface area contributed by atoms with E-state index in [1.54, 1.807) is 43.3 Å². The third-order valence-corrected chi connectivity index (χ3v) is 5.80. The summed E-state index contributed by atoms with van der Waals surface area (Å²) in [7, 11) is 0. The number of hydrogen-bond donors (Lipinski definition) is 1. The van der Waals surface area contributed by atoms with Gasteiger partial charge in [-0.05, 0) is 67.1 Å². The van der Waals surface area contributed by atoms with Crippen LogP contribution in [0.1, 0.15) is 23.7 Å². The Morgan fingerprint density at radius 2 is 1.65 bits per heavy atom. The molecule has 0 aliphatic heterocycles. The molecule has 0 radical (unpaired) electrons. The van der Waals surface area contributed by atoms with E-state index in [9.17, 15) is 14.0 Å². The molecule has 3 aromatic heterocycles. The van der Waals surface area contributed by atoms with Gasteiger partial charge in [0.05, 0.1) is 34.1 Å². The maximum atomic E-state index is 13.4. The molecule has 0 saturated heterocycles. The number of anilines is 1. The predicted molar refractivity (Wildman–Crippen MR) is 134 cm³/mol. The molecular formula is C27H19ClFN3O5. The first-order chi connectivity index (χ1) is 17.9. The molecule has 0 fully saturated rings. The number of hydrogen-bond acceptors (Lipinski definition) is 7. The Morgan fingerprint density at radius 3 is 2.24 bits per heavy atom. The summed E-state index contributed by atoms with van der Waals surface area (Å²) in [4.78, 5) is 34.9. The molecule has 1 unspecified atom stereocenters. The zero-order chi connectivity index (χ0) is 25.9. The molecule has 5 aromatic rings. The zero-order valence-electron chi connectivity index (χ0n) is 19.4. The molecular weight excluding hydrogens is 501 g/mol. The number of benzene rings is 2. The van der Waals surface area contributed by atoms with Crippen LogP contribution in [0.25, 0.3) is 33.9 Å². The van der Waals surface area contributed by atoms with Crippen molar-refractivity contribution in [2.45, 2.75) is 19.4 Å². The predicted octanol–water partition coefficient (Wildman–Crippen LogP) is 6.52. The van der Waals surface area contributed by atoms with Gasteiger partial charge >= 0.3 is 5.97 Å². The van der Waals surface area contributed by atoms with Crippen molar-refractivity contribution in [1.29, 1.82) is 0 Å². The lowest BCUT2D eigenvalue weighted by Crippen LogP contribution is -2.32. The fourth-order valence-electron chi connectivity index (χ4n) is 3.67. The van der Waals surface area contributed by atoms with Gasteiger partial charge < -0.3 is 18.9 Å². The van der Waals surface area contributed by atoms with Crippen LogP contribution in [-0.4, -0.2) is 27.9 Å². The van der Waals surface area contributed by atoms with Gasteiger partial charge in [-0.15, -0.1) is 0 Å². The number of rotatable bonds is 7. The topological polar surface area (TPSA) is 107 Å². The van der Waals surface area contributed by atoms with Crippen LogP contribution in [0.5, 0.6) is 0 Å². The Morgan fingerprint density at radius 1 is 0.973 bits per heavy atom. The largest absolute Gasteiger partial charge is 0.463 e. The number of amides is 1. The minimum atomic E-state index is -1.09. The fourth-order valence-corrected chi connectivity index (χ4v) is 3.85. The smallest absolute Gasteiger partial charge is 0.338 e. The van der Waals surface area contributed by atoms with Crippen molar-refractivity contribution in [1.82, 2.24) is 9.97 Å². The molecule has 3 heterocycles. The van der Waals surface area contributed by atoms with Gasteiger partial charge in [-0.2, -0.15) is 0 Å². The molecule has 2 aromatic carbocycles. The number of ether oxygens (including phenoxy) is 1. The first-order valence-corrected chi connectivity index (χ1v) is 11.7. The van der Waals surface area contributed by atoms with Gasteiger partial charge in [0.25, 0.3) is 5.91 Å². The molecule has 1 atom stereocenters. The summed E-state index contributed by atoms with van der Waals surface area (Å²) in [6.45, 7) is 1.70. The number of nitrogens with zero attached hydrogens (tertiary/aromatic N) is 2. The van der Waals surface area contributed by atoms with Crippen molar-refractivity contribution < 1.29 is 27.6 Å². The maximum Gasteiger partial charge on any atom is 0.338 e. The van der Waals surface area contributed by atoms with Gasteiger partial charge in [0.15, 0.2) is 17.6 Å². The van der Waals surface area contributed by atoms with E-state index < -0.39 is 23.8 Å². The van der Waals surface area contributed by atoms with Crippen LogP contribution in [0.2, 0.25) is 5.02 Å². The maximum absolute atomic E-state index is 13.4. The van der Waals surface area contributed by atoms with Crippen molar-refractivity contribution in [2.75, 3.05) is 5.32 Å². The zero-order valence-corrected chi connectivity index (χ0v) is 20.2. The van der Waals surface area contributed by atoms with E-state index in [0.29, 0.717) is 33.9 Å². The average Bonchev–Trinajstić information content (AvgIpc) is 3.63. The number of aromatic nitrogens is 2. The van der Waals surface area contributed by atoms with Crippen LogP contribution < -0.4 is 5.32 Å². The first kappa shape index (κ1) is 24.2. The number of furan rings is 2. The number of fused-ring (bicyclic) bond motifs is 1. The lowest BCUT2D eigenvalue weighted by molar-refractivity contribution is -0.124. The third-order valence-electron chi connectivity index (χ3n) is 5.51. The molecule has 0 spiro atoms. The molecule has 0 bridgehead atoms. The molecule has 8 nitrogen and oxygen atoms in total. The third kappa shape index (κ3) is 5.07. The minimum absolute atomic E-state index is 0.135. The second-order valence-corrected chi connectivity index (χ2v) is 8.41. The Kier molecular flexibility index (Phi) is 6.70. The van der Waals surface area contributed by atoms with E-state index in [-0.39, 0.29) is 22.7 Å². The van der Waals surface area contributed by atoms with Gasteiger partial charge in [0.1, 0.15) is 17.2 Å². The molecule has 1 amide bonds. The van der Waals surface area contributed by atoms with E-state index in [1.165, 1.54) is 30.7 Å². The summed E-state index contributed by atoms with van der Waals surface area (Å²) >= 11 is 5.77. The fraction of sp³-hybridized carbons (Fsp3) is 0.111. The lowest BCUT2D eigenvalue weighted by Gasteiger charge is -2.16. The molecule has 5 rings (SSSR count). The highest BCUT2D eigenvalue weighted by molar-refractivity contribution is 6.31. The second kappa shape index (κ2) is 10.2. The molecule has 0 aliphatic carbocycles. The Balaban J connectivity index is 1.40. The van der Waals surface area contributed by atoms with Crippen LogP contribution in [0.4, 0.5) is 10.1 Å². The van der Waals surface area contributed by atoms with E-state index >= 15 is 0 Å². The van der Waals surface area contributed by atoms with Crippen LogP contribution >= 0.6 is 11.6 Å². The normalized spacial score (nSPS) is 11.9. The first-order valence-electron chi connectivity index (χ1n) is 11.3. The van der Waals surface area contributed by atoms with Crippen molar-refractivity contribution >= 4 is 40.2 Å². The summed E-state index contributed by atoms with van der Waals surface area (Å²) in [5.41, 5.74) is 2.36. The summed E-state index contributed by atoms with van der Waals surface area (Å²) in [5, 5.41) is 2.45. The van der Waals surface area contributed by atoms with Gasteiger partial charge in [0.2, 0.25) is 0 Å².